The monoisotopic (exact) mass is 712 g/mol. The normalized spacial score (nSPS) is 18.7. The fraction of sp³-hybridized carbons (Fsp3) is 0.455. The minimum Gasteiger partial charge on any atom is -0.496 e. The number of ether oxygens (including phenoxy) is 4. The van der Waals surface area contributed by atoms with E-state index < -0.39 is 0 Å². The van der Waals surface area contributed by atoms with Gasteiger partial charge in [-0.1, -0.05) is 112 Å². The summed E-state index contributed by atoms with van der Waals surface area (Å²) < 4.78 is 24.5. The fourth-order valence-electron chi connectivity index (χ4n) is 6.37. The van der Waals surface area contributed by atoms with Crippen molar-refractivity contribution < 1.29 is 18.9 Å². The Morgan fingerprint density at radius 2 is 0.700 bits per heavy atom. The Morgan fingerprint density at radius 3 is 0.920 bits per heavy atom. The highest BCUT2D eigenvalue weighted by Gasteiger charge is 2.31. The van der Waals surface area contributed by atoms with Crippen LogP contribution in [0.15, 0.2) is 83.4 Å². The van der Waals surface area contributed by atoms with Gasteiger partial charge < -0.3 is 18.9 Å². The van der Waals surface area contributed by atoms with Crippen LogP contribution in [0.3, 0.4) is 0 Å². The summed E-state index contributed by atoms with van der Waals surface area (Å²) in [5.41, 5.74) is 6.53. The first-order valence-electron chi connectivity index (χ1n) is 17.4. The Labute approximate surface area is 306 Å². The molecule has 2 aromatic rings. The average molecular weight is 713 g/mol. The highest BCUT2D eigenvalue weighted by Crippen LogP contribution is 2.42. The van der Waals surface area contributed by atoms with Crippen LogP contribution in [0.1, 0.15) is 105 Å². The molecule has 0 spiro atoms. The second kappa shape index (κ2) is 14.7. The number of rotatable bonds is 6. The first-order chi connectivity index (χ1) is 23.1. The van der Waals surface area contributed by atoms with Gasteiger partial charge in [-0.15, -0.1) is 0 Å². The third-order valence-corrected chi connectivity index (χ3v) is 11.2. The van der Waals surface area contributed by atoms with E-state index in [1.165, 1.54) is 32.9 Å². The zero-order valence-corrected chi connectivity index (χ0v) is 35.1. The molecular weight excluding hydrogens is 654 g/mol. The first-order valence-corrected chi connectivity index (χ1v) is 19.2. The van der Waals surface area contributed by atoms with Gasteiger partial charge in [-0.05, 0) is 70.2 Å². The molecule has 0 saturated carbocycles. The summed E-state index contributed by atoms with van der Waals surface area (Å²) in [6.45, 7) is 27.1. The lowest BCUT2D eigenvalue weighted by Crippen LogP contribution is -2.22. The van der Waals surface area contributed by atoms with Crippen molar-refractivity contribution in [3.63, 3.8) is 0 Å². The molecule has 0 unspecified atom stereocenters. The van der Waals surface area contributed by atoms with Crippen LogP contribution in [0, 0.1) is 0 Å². The number of hydrogen-bond donors (Lipinski definition) is 0. The molecule has 2 aliphatic carbocycles. The minimum absolute atomic E-state index is 0.0983. The molecule has 2 aliphatic rings. The lowest BCUT2D eigenvalue weighted by molar-refractivity contribution is 0.295. The molecule has 0 amide bonds. The molecular formula is C44H58O4P2. The Morgan fingerprint density at radius 1 is 0.420 bits per heavy atom. The topological polar surface area (TPSA) is 36.9 Å². The highest BCUT2D eigenvalue weighted by molar-refractivity contribution is 7.51. The Bertz CT molecular complexity index is 1650. The van der Waals surface area contributed by atoms with Crippen LogP contribution in [-0.2, 0) is 31.1 Å². The number of methoxy groups -OCH3 is 4. The van der Waals surface area contributed by atoms with Crippen LogP contribution < -0.4 is 20.1 Å². The number of allylic oxidation sites excluding steroid dienone is 8. The first kappa shape index (κ1) is 39.5. The predicted molar refractivity (Wildman–Crippen MR) is 219 cm³/mol. The Hall–Kier alpha value is -3.32. The highest BCUT2D eigenvalue weighted by atomic mass is 31.1. The zero-order valence-electron chi connectivity index (χ0n) is 33.3. The van der Waals surface area contributed by atoms with E-state index in [0.717, 1.165) is 61.2 Å². The van der Waals surface area contributed by atoms with Crippen molar-refractivity contribution in [2.24, 2.45) is 0 Å². The molecule has 268 valence electrons. The van der Waals surface area contributed by atoms with Gasteiger partial charge in [0.15, 0.2) is 0 Å². The van der Waals surface area contributed by atoms with Crippen LogP contribution >= 0.6 is 16.4 Å². The summed E-state index contributed by atoms with van der Waals surface area (Å²) in [6.07, 6.45) is 12.7. The quantitative estimate of drug-likeness (QED) is 0.280. The average Bonchev–Trinajstić information content (AvgIpc) is 3.02. The zero-order chi connectivity index (χ0) is 37.4. The summed E-state index contributed by atoms with van der Waals surface area (Å²) in [4.78, 5) is 0. The molecule has 0 saturated heterocycles. The lowest BCUT2D eigenvalue weighted by Gasteiger charge is -2.30. The molecule has 50 heavy (non-hydrogen) atoms. The molecule has 0 N–H and O–H groups in total. The second-order valence-electron chi connectivity index (χ2n) is 17.1. The van der Waals surface area contributed by atoms with Gasteiger partial charge in [-0.25, -0.2) is 0 Å². The van der Waals surface area contributed by atoms with Gasteiger partial charge >= 0.3 is 0 Å². The molecule has 0 fully saturated rings. The van der Waals surface area contributed by atoms with Gasteiger partial charge in [-0.3, -0.25) is 0 Å². The van der Waals surface area contributed by atoms with Crippen molar-refractivity contribution in [1.29, 1.82) is 0 Å². The van der Waals surface area contributed by atoms with Gasteiger partial charge in [0.1, 0.15) is 23.0 Å². The van der Waals surface area contributed by atoms with Crippen molar-refractivity contribution in [1.82, 2.24) is 0 Å². The number of hydrogen-bond acceptors (Lipinski definition) is 4. The molecule has 4 rings (SSSR count). The molecule has 4 nitrogen and oxygen atoms in total. The van der Waals surface area contributed by atoms with E-state index in [1.807, 2.05) is 0 Å². The van der Waals surface area contributed by atoms with Crippen LogP contribution in [0.2, 0.25) is 0 Å². The summed E-state index contributed by atoms with van der Waals surface area (Å²) >= 11 is 0. The SMILES string of the molecule is COC1=CC=CC(=Pc2cc(C(C)(C)C)c(OC)c(C(C)(C)C)c2)C1=C1C(OC)=CC=CC1=Pc1cc(C(C)(C)C)c(OC)c(C(C)(C)C)c1. The van der Waals surface area contributed by atoms with Gasteiger partial charge in [0.05, 0.1) is 28.4 Å². The van der Waals surface area contributed by atoms with Crippen molar-refractivity contribution in [3.05, 3.63) is 106 Å². The van der Waals surface area contributed by atoms with Crippen molar-refractivity contribution >= 4 is 37.6 Å². The fourth-order valence-corrected chi connectivity index (χ4v) is 8.69. The third-order valence-electron chi connectivity index (χ3n) is 8.99. The van der Waals surface area contributed by atoms with Crippen LogP contribution in [0.25, 0.3) is 0 Å². The molecule has 0 radical (unpaired) electrons. The second-order valence-corrected chi connectivity index (χ2v) is 19.5. The van der Waals surface area contributed by atoms with E-state index >= 15 is 0 Å². The largest absolute Gasteiger partial charge is 0.496 e. The maximum Gasteiger partial charge on any atom is 0.127 e. The summed E-state index contributed by atoms with van der Waals surface area (Å²) in [6, 6.07) is 9.28. The van der Waals surface area contributed by atoms with Crippen LogP contribution in [0.5, 0.6) is 11.5 Å². The van der Waals surface area contributed by atoms with E-state index in [1.54, 1.807) is 28.4 Å². The van der Waals surface area contributed by atoms with Gasteiger partial charge in [0.25, 0.3) is 0 Å². The number of benzene rings is 2. The van der Waals surface area contributed by atoms with Crippen molar-refractivity contribution in [3.8, 4) is 11.5 Å². The van der Waals surface area contributed by atoms with Crippen molar-refractivity contribution in [2.45, 2.75) is 105 Å². The standard InChI is InChI=1S/C44H58O4P2/c1-41(2,3)29-23-27(24-30(39(29)47-15)42(4,5)6)49-35-21-17-19-33(45-13)37(35)38-34(46-14)20-18-22-36(38)50-28-25-31(43(7,8)9)40(48-16)32(26-28)44(10,11)12/h17-26H,1-16H3. The van der Waals surface area contributed by atoms with Gasteiger partial charge in [0, 0.05) is 54.6 Å². The minimum atomic E-state index is -0.0983. The van der Waals surface area contributed by atoms with Crippen LogP contribution in [0.4, 0.5) is 0 Å². The third kappa shape index (κ3) is 8.41. The van der Waals surface area contributed by atoms with E-state index in [9.17, 15) is 0 Å². The van der Waals surface area contributed by atoms with E-state index in [2.05, 4.69) is 144 Å². The smallest absolute Gasteiger partial charge is 0.127 e. The maximum atomic E-state index is 6.13. The van der Waals surface area contributed by atoms with E-state index in [0.29, 0.717) is 0 Å². The maximum absolute atomic E-state index is 6.13. The predicted octanol–water partition coefficient (Wildman–Crippen LogP) is 10.6. The summed E-state index contributed by atoms with van der Waals surface area (Å²) in [7, 11) is 9.22. The molecule has 0 atom stereocenters. The molecule has 0 aromatic heterocycles. The van der Waals surface area contributed by atoms with Crippen molar-refractivity contribution in [2.75, 3.05) is 28.4 Å². The molecule has 0 aliphatic heterocycles. The molecule has 0 heterocycles. The molecule has 0 bridgehead atoms. The molecule has 2 aromatic carbocycles. The van der Waals surface area contributed by atoms with E-state index in [4.69, 9.17) is 18.9 Å². The summed E-state index contributed by atoms with van der Waals surface area (Å²) in [5.74, 6) is 3.59. The van der Waals surface area contributed by atoms with E-state index in [-0.39, 0.29) is 21.7 Å². The van der Waals surface area contributed by atoms with Crippen LogP contribution in [-0.4, -0.2) is 39.0 Å². The van der Waals surface area contributed by atoms with Gasteiger partial charge in [0.2, 0.25) is 0 Å². The molecule has 6 heteroatoms. The Balaban J connectivity index is 2.09. The summed E-state index contributed by atoms with van der Waals surface area (Å²) in [5, 5.41) is 4.72. The van der Waals surface area contributed by atoms with Gasteiger partial charge in [-0.2, -0.15) is 0 Å². The Kier molecular flexibility index (Phi) is 11.6. The lowest BCUT2D eigenvalue weighted by atomic mass is 9.79.